The van der Waals surface area contributed by atoms with Crippen LogP contribution in [0.5, 0.6) is 5.75 Å². The zero-order valence-electron chi connectivity index (χ0n) is 6.60. The second-order valence-electron chi connectivity index (χ2n) is 2.54. The summed E-state index contributed by atoms with van der Waals surface area (Å²) < 4.78 is 5.36. The highest BCUT2D eigenvalue weighted by atomic mass is 35.5. The predicted molar refractivity (Wildman–Crippen MR) is 46.1 cm³/mol. The van der Waals surface area contributed by atoms with Crippen LogP contribution in [0.2, 0.25) is 5.02 Å². The smallest absolute Gasteiger partial charge is 0.129 e. The van der Waals surface area contributed by atoms with Crippen molar-refractivity contribution in [3.05, 3.63) is 29.3 Å². The van der Waals surface area contributed by atoms with Crippen molar-refractivity contribution in [2.75, 3.05) is 0 Å². The minimum atomic E-state index is 0.171. The van der Waals surface area contributed by atoms with E-state index in [0.29, 0.717) is 10.8 Å². The molecule has 0 unspecified atom stereocenters. The van der Waals surface area contributed by atoms with Crippen LogP contribution in [0, 0.1) is 6.07 Å². The van der Waals surface area contributed by atoms with Crippen LogP contribution in [0.4, 0.5) is 0 Å². The Morgan fingerprint density at radius 2 is 2.27 bits per heavy atom. The van der Waals surface area contributed by atoms with Gasteiger partial charge in [-0.05, 0) is 32.0 Å². The van der Waals surface area contributed by atoms with E-state index in [9.17, 15) is 0 Å². The van der Waals surface area contributed by atoms with Gasteiger partial charge in [0.1, 0.15) is 5.75 Å². The summed E-state index contributed by atoms with van der Waals surface area (Å²) in [6.45, 7) is 3.93. The Labute approximate surface area is 71.9 Å². The second kappa shape index (κ2) is 3.63. The molecule has 1 nitrogen and oxygen atoms in total. The Morgan fingerprint density at radius 1 is 1.55 bits per heavy atom. The molecular formula is C9H10ClO. The van der Waals surface area contributed by atoms with Crippen molar-refractivity contribution in [3.63, 3.8) is 0 Å². The molecule has 0 spiro atoms. The first-order chi connectivity index (χ1) is 5.18. The fourth-order valence-corrected chi connectivity index (χ4v) is 0.902. The second-order valence-corrected chi connectivity index (χ2v) is 2.97. The minimum Gasteiger partial charge on any atom is -0.490 e. The Kier molecular flexibility index (Phi) is 2.77. The first kappa shape index (κ1) is 8.41. The van der Waals surface area contributed by atoms with Crippen LogP contribution >= 0.6 is 11.6 Å². The van der Waals surface area contributed by atoms with Crippen LogP contribution < -0.4 is 4.74 Å². The van der Waals surface area contributed by atoms with Crippen molar-refractivity contribution in [2.45, 2.75) is 20.0 Å². The molecule has 1 radical (unpaired) electrons. The first-order valence-corrected chi connectivity index (χ1v) is 3.90. The topological polar surface area (TPSA) is 9.23 Å². The summed E-state index contributed by atoms with van der Waals surface area (Å²) in [6, 6.07) is 8.21. The number of ether oxygens (including phenoxy) is 1. The summed E-state index contributed by atoms with van der Waals surface area (Å²) >= 11 is 5.73. The maximum absolute atomic E-state index is 5.73. The van der Waals surface area contributed by atoms with E-state index in [2.05, 4.69) is 6.07 Å². The maximum Gasteiger partial charge on any atom is 0.129 e. The van der Waals surface area contributed by atoms with Crippen LogP contribution in [-0.4, -0.2) is 6.10 Å². The van der Waals surface area contributed by atoms with Crippen molar-refractivity contribution in [1.82, 2.24) is 0 Å². The van der Waals surface area contributed by atoms with Gasteiger partial charge in [-0.25, -0.2) is 0 Å². The molecule has 0 atom stereocenters. The Bertz CT molecular complexity index is 233. The summed E-state index contributed by atoms with van der Waals surface area (Å²) in [5, 5.41) is 0.680. The number of benzene rings is 1. The van der Waals surface area contributed by atoms with Crippen LogP contribution in [0.3, 0.4) is 0 Å². The number of halogens is 1. The Morgan fingerprint density at radius 3 is 2.82 bits per heavy atom. The average molecular weight is 170 g/mol. The van der Waals surface area contributed by atoms with Gasteiger partial charge in [-0.3, -0.25) is 0 Å². The van der Waals surface area contributed by atoms with E-state index in [1.807, 2.05) is 13.8 Å². The van der Waals surface area contributed by atoms with E-state index in [1.165, 1.54) is 0 Å². The zero-order chi connectivity index (χ0) is 8.27. The Hall–Kier alpha value is -0.690. The molecule has 11 heavy (non-hydrogen) atoms. The lowest BCUT2D eigenvalue weighted by Gasteiger charge is -2.08. The first-order valence-electron chi connectivity index (χ1n) is 3.52. The van der Waals surface area contributed by atoms with Crippen molar-refractivity contribution in [1.29, 1.82) is 0 Å². The number of hydrogen-bond donors (Lipinski definition) is 0. The monoisotopic (exact) mass is 169 g/mol. The molecule has 0 aliphatic carbocycles. The van der Waals surface area contributed by atoms with E-state index in [4.69, 9.17) is 16.3 Å². The molecule has 59 valence electrons. The molecule has 0 fully saturated rings. The molecule has 0 aliphatic heterocycles. The minimum absolute atomic E-state index is 0.171. The van der Waals surface area contributed by atoms with Crippen molar-refractivity contribution < 1.29 is 4.74 Å². The molecular weight excluding hydrogens is 160 g/mol. The highest BCUT2D eigenvalue weighted by Gasteiger charge is 1.96. The van der Waals surface area contributed by atoms with Gasteiger partial charge in [0.15, 0.2) is 0 Å². The van der Waals surface area contributed by atoms with Crippen LogP contribution in [0.1, 0.15) is 13.8 Å². The Balaban J connectivity index is 2.71. The largest absolute Gasteiger partial charge is 0.490 e. The summed E-state index contributed by atoms with van der Waals surface area (Å²) in [7, 11) is 0. The third-order valence-electron chi connectivity index (χ3n) is 1.10. The third-order valence-corrected chi connectivity index (χ3v) is 1.33. The standard InChI is InChI=1S/C9H10ClO/c1-7(2)11-9-5-3-4-8(10)6-9/h3-4,6-7H,1-2H3. The lowest BCUT2D eigenvalue weighted by atomic mass is 10.3. The van der Waals surface area contributed by atoms with Crippen LogP contribution in [0.25, 0.3) is 0 Å². The molecule has 0 amide bonds. The van der Waals surface area contributed by atoms with Gasteiger partial charge in [0.05, 0.1) is 6.10 Å². The molecule has 1 aromatic rings. The maximum atomic E-state index is 5.73. The fourth-order valence-electron chi connectivity index (χ4n) is 0.740. The summed E-state index contributed by atoms with van der Waals surface area (Å²) in [4.78, 5) is 0. The lowest BCUT2D eigenvalue weighted by molar-refractivity contribution is 0.242. The fraction of sp³-hybridized carbons (Fsp3) is 0.333. The van der Waals surface area contributed by atoms with Gasteiger partial charge in [0, 0.05) is 11.1 Å². The van der Waals surface area contributed by atoms with Crippen LogP contribution in [-0.2, 0) is 0 Å². The zero-order valence-corrected chi connectivity index (χ0v) is 7.35. The van der Waals surface area contributed by atoms with Crippen molar-refractivity contribution in [2.24, 2.45) is 0 Å². The van der Waals surface area contributed by atoms with Crippen LogP contribution in [0.15, 0.2) is 18.2 Å². The number of rotatable bonds is 2. The van der Waals surface area contributed by atoms with E-state index in [0.717, 1.165) is 0 Å². The van der Waals surface area contributed by atoms with Crippen molar-refractivity contribution >= 4 is 11.6 Å². The summed E-state index contributed by atoms with van der Waals surface area (Å²) in [6.07, 6.45) is 0.171. The average Bonchev–Trinajstić information content (AvgIpc) is 1.85. The van der Waals surface area contributed by atoms with Gasteiger partial charge in [-0.15, -0.1) is 0 Å². The molecule has 0 saturated heterocycles. The summed E-state index contributed by atoms with van der Waals surface area (Å²) in [5.41, 5.74) is 0. The molecule has 0 saturated carbocycles. The van der Waals surface area contributed by atoms with E-state index >= 15 is 0 Å². The molecule has 0 N–H and O–H groups in total. The quantitative estimate of drug-likeness (QED) is 0.662. The lowest BCUT2D eigenvalue weighted by Crippen LogP contribution is -2.05. The van der Waals surface area contributed by atoms with Gasteiger partial charge < -0.3 is 4.74 Å². The molecule has 2 heteroatoms. The third kappa shape index (κ3) is 2.81. The molecule has 1 rings (SSSR count). The SMILES string of the molecule is CC(C)Oc1[c]ccc(Cl)c1. The van der Waals surface area contributed by atoms with E-state index in [1.54, 1.807) is 18.2 Å². The molecule has 0 aromatic heterocycles. The van der Waals surface area contributed by atoms with E-state index < -0.39 is 0 Å². The molecule has 0 bridgehead atoms. The summed E-state index contributed by atoms with van der Waals surface area (Å²) in [5.74, 6) is 0.701. The van der Waals surface area contributed by atoms with Gasteiger partial charge in [0.25, 0.3) is 0 Å². The molecule has 0 heterocycles. The normalized spacial score (nSPS) is 10.2. The van der Waals surface area contributed by atoms with E-state index in [-0.39, 0.29) is 6.10 Å². The van der Waals surface area contributed by atoms with Gasteiger partial charge in [0.2, 0.25) is 0 Å². The van der Waals surface area contributed by atoms with Gasteiger partial charge in [-0.2, -0.15) is 0 Å². The molecule has 0 aliphatic rings. The highest BCUT2D eigenvalue weighted by Crippen LogP contribution is 2.17. The number of hydrogen-bond acceptors (Lipinski definition) is 1. The highest BCUT2D eigenvalue weighted by molar-refractivity contribution is 6.30. The van der Waals surface area contributed by atoms with Gasteiger partial charge in [-0.1, -0.05) is 11.6 Å². The predicted octanol–water partition coefficient (Wildman–Crippen LogP) is 2.93. The van der Waals surface area contributed by atoms with Gasteiger partial charge >= 0.3 is 0 Å². The molecule has 1 aromatic carbocycles. The van der Waals surface area contributed by atoms with Crippen molar-refractivity contribution in [3.8, 4) is 5.75 Å².